The second-order valence-electron chi connectivity index (χ2n) is 8.33. The Bertz CT molecular complexity index is 978. The van der Waals surface area contributed by atoms with Gasteiger partial charge in [-0.15, -0.1) is 0 Å². The van der Waals surface area contributed by atoms with Gasteiger partial charge in [0.05, 0.1) is 12.1 Å². The van der Waals surface area contributed by atoms with Crippen molar-refractivity contribution >= 4 is 5.91 Å². The smallest absolute Gasteiger partial charge is 0.227 e. The number of aromatic nitrogens is 3. The van der Waals surface area contributed by atoms with Crippen molar-refractivity contribution in [3.63, 3.8) is 0 Å². The number of carbonyl (C=O) groups is 1. The lowest BCUT2D eigenvalue weighted by Gasteiger charge is -2.32. The summed E-state index contributed by atoms with van der Waals surface area (Å²) in [5.41, 5.74) is 4.11. The average molecular weight is 407 g/mol. The highest BCUT2D eigenvalue weighted by molar-refractivity contribution is 5.79. The summed E-state index contributed by atoms with van der Waals surface area (Å²) in [4.78, 5) is 19.3. The zero-order valence-electron chi connectivity index (χ0n) is 18.1. The minimum atomic E-state index is 0.180. The Hall–Kier alpha value is -2.89. The van der Waals surface area contributed by atoms with E-state index in [2.05, 4.69) is 45.9 Å². The number of carbonyl (C=O) groups excluding carboxylic acids is 1. The molecule has 0 aliphatic carbocycles. The first-order valence-corrected chi connectivity index (χ1v) is 10.8. The van der Waals surface area contributed by atoms with Crippen LogP contribution < -0.4 is 0 Å². The molecule has 0 unspecified atom stereocenters. The maximum atomic E-state index is 12.7. The molecular weight excluding hydrogens is 376 g/mol. The van der Waals surface area contributed by atoms with Crippen molar-refractivity contribution in [2.75, 3.05) is 13.1 Å². The van der Waals surface area contributed by atoms with Gasteiger partial charge in [-0.25, -0.2) is 4.98 Å². The number of rotatable bonds is 6. The summed E-state index contributed by atoms with van der Waals surface area (Å²) >= 11 is 0. The molecule has 1 saturated heterocycles. The van der Waals surface area contributed by atoms with Gasteiger partial charge in [0.1, 0.15) is 11.6 Å². The molecule has 1 aliphatic heterocycles. The predicted molar refractivity (Wildman–Crippen MR) is 116 cm³/mol. The normalized spacial score (nSPS) is 15.0. The first-order chi connectivity index (χ1) is 14.5. The maximum absolute atomic E-state index is 12.7. The van der Waals surface area contributed by atoms with Gasteiger partial charge in [-0.05, 0) is 46.0 Å². The SMILES string of the molecule is Cc1noc(C)c1CC(=O)N1CCC(CCn2c(C)cnc2-c2ccccc2)CC1. The van der Waals surface area contributed by atoms with E-state index in [1.54, 1.807) is 0 Å². The summed E-state index contributed by atoms with van der Waals surface area (Å²) in [6.07, 6.45) is 5.57. The molecule has 6 nitrogen and oxygen atoms in total. The molecule has 6 heteroatoms. The molecule has 4 rings (SSSR count). The van der Waals surface area contributed by atoms with Gasteiger partial charge >= 0.3 is 0 Å². The van der Waals surface area contributed by atoms with Crippen molar-refractivity contribution in [3.8, 4) is 11.4 Å². The molecule has 1 amide bonds. The number of amides is 1. The van der Waals surface area contributed by atoms with Crippen LogP contribution in [0, 0.1) is 26.7 Å². The molecule has 0 saturated carbocycles. The Kier molecular flexibility index (Phi) is 6.02. The Labute approximate surface area is 177 Å². The third-order valence-electron chi connectivity index (χ3n) is 6.32. The van der Waals surface area contributed by atoms with Gasteiger partial charge < -0.3 is 14.0 Å². The Morgan fingerprint density at radius 2 is 1.87 bits per heavy atom. The maximum Gasteiger partial charge on any atom is 0.227 e. The molecule has 0 atom stereocenters. The second-order valence-corrected chi connectivity index (χ2v) is 8.33. The van der Waals surface area contributed by atoms with E-state index in [9.17, 15) is 4.79 Å². The highest BCUT2D eigenvalue weighted by Gasteiger charge is 2.24. The molecule has 0 bridgehead atoms. The van der Waals surface area contributed by atoms with Gasteiger partial charge in [0.2, 0.25) is 5.91 Å². The fraction of sp³-hybridized carbons (Fsp3) is 0.458. The molecule has 3 heterocycles. The molecule has 1 fully saturated rings. The number of benzene rings is 1. The van der Waals surface area contributed by atoms with Gasteiger partial charge in [-0.3, -0.25) is 4.79 Å². The van der Waals surface area contributed by atoms with Gasteiger partial charge in [-0.2, -0.15) is 0 Å². The summed E-state index contributed by atoms with van der Waals surface area (Å²) in [5.74, 6) is 2.61. The Morgan fingerprint density at radius 3 is 2.53 bits per heavy atom. The van der Waals surface area contributed by atoms with Crippen LogP contribution in [-0.2, 0) is 17.8 Å². The first kappa shape index (κ1) is 20.4. The summed E-state index contributed by atoms with van der Waals surface area (Å²) in [5, 5.41) is 3.96. The van der Waals surface area contributed by atoms with Crippen molar-refractivity contribution in [2.45, 2.75) is 53.0 Å². The average Bonchev–Trinajstić information content (AvgIpc) is 3.29. The molecule has 158 valence electrons. The molecule has 1 aromatic carbocycles. The zero-order valence-corrected chi connectivity index (χ0v) is 18.1. The number of aryl methyl sites for hydroxylation is 3. The van der Waals surface area contributed by atoms with Crippen LogP contribution in [0.25, 0.3) is 11.4 Å². The van der Waals surface area contributed by atoms with Crippen molar-refractivity contribution < 1.29 is 9.32 Å². The predicted octanol–water partition coefficient (Wildman–Crippen LogP) is 4.33. The molecule has 0 N–H and O–H groups in total. The second kappa shape index (κ2) is 8.86. The third-order valence-corrected chi connectivity index (χ3v) is 6.32. The molecule has 0 spiro atoms. The lowest BCUT2D eigenvalue weighted by molar-refractivity contribution is -0.131. The summed E-state index contributed by atoms with van der Waals surface area (Å²) in [6, 6.07) is 10.4. The van der Waals surface area contributed by atoms with Crippen LogP contribution in [0.3, 0.4) is 0 Å². The monoisotopic (exact) mass is 406 g/mol. The minimum absolute atomic E-state index is 0.180. The lowest BCUT2D eigenvalue weighted by Crippen LogP contribution is -2.39. The van der Waals surface area contributed by atoms with Crippen LogP contribution in [0.15, 0.2) is 41.1 Å². The number of hydrogen-bond acceptors (Lipinski definition) is 4. The van der Waals surface area contributed by atoms with Crippen LogP contribution in [0.5, 0.6) is 0 Å². The molecule has 30 heavy (non-hydrogen) atoms. The van der Waals surface area contributed by atoms with E-state index in [1.165, 1.54) is 5.69 Å². The minimum Gasteiger partial charge on any atom is -0.361 e. The van der Waals surface area contributed by atoms with Crippen LogP contribution in [-0.4, -0.2) is 38.6 Å². The van der Waals surface area contributed by atoms with Crippen molar-refractivity contribution in [3.05, 3.63) is 59.2 Å². The number of nitrogens with zero attached hydrogens (tertiary/aromatic N) is 4. The lowest BCUT2D eigenvalue weighted by atomic mass is 9.93. The van der Waals surface area contributed by atoms with Crippen molar-refractivity contribution in [1.29, 1.82) is 0 Å². The molecule has 0 radical (unpaired) electrons. The molecule has 3 aromatic rings. The van der Waals surface area contributed by atoms with Gasteiger partial charge in [0.25, 0.3) is 0 Å². The quantitative estimate of drug-likeness (QED) is 0.611. The van der Waals surface area contributed by atoms with Gasteiger partial charge in [0, 0.05) is 42.7 Å². The van der Waals surface area contributed by atoms with E-state index in [-0.39, 0.29) is 5.91 Å². The van der Waals surface area contributed by atoms with Gasteiger partial charge in [0.15, 0.2) is 0 Å². The summed E-state index contributed by atoms with van der Waals surface area (Å²) in [6.45, 7) is 8.52. The van der Waals surface area contributed by atoms with E-state index in [0.717, 1.165) is 67.3 Å². The topological polar surface area (TPSA) is 64.2 Å². The van der Waals surface area contributed by atoms with Crippen LogP contribution >= 0.6 is 0 Å². The third kappa shape index (κ3) is 4.32. The largest absolute Gasteiger partial charge is 0.361 e. The molecule has 1 aliphatic rings. The van der Waals surface area contributed by atoms with Crippen molar-refractivity contribution in [2.24, 2.45) is 5.92 Å². The summed E-state index contributed by atoms with van der Waals surface area (Å²) < 4.78 is 7.51. The van der Waals surface area contributed by atoms with Crippen molar-refractivity contribution in [1.82, 2.24) is 19.6 Å². The molecular formula is C24H30N4O2. The van der Waals surface area contributed by atoms with Crippen LogP contribution in [0.2, 0.25) is 0 Å². The van der Waals surface area contributed by atoms with E-state index >= 15 is 0 Å². The van der Waals surface area contributed by atoms with Crippen LogP contribution in [0.4, 0.5) is 0 Å². The Morgan fingerprint density at radius 1 is 1.13 bits per heavy atom. The number of imidazole rings is 1. The van der Waals surface area contributed by atoms with E-state index in [0.29, 0.717) is 12.3 Å². The fourth-order valence-electron chi connectivity index (χ4n) is 4.36. The summed E-state index contributed by atoms with van der Waals surface area (Å²) in [7, 11) is 0. The first-order valence-electron chi connectivity index (χ1n) is 10.8. The van der Waals surface area contributed by atoms with E-state index in [4.69, 9.17) is 4.52 Å². The standard InChI is InChI=1S/C24H30N4O2/c1-17-16-25-24(21-7-5-4-6-8-21)28(17)14-11-20-9-12-27(13-10-20)23(29)15-22-18(2)26-30-19(22)3/h4-8,16,20H,9-15H2,1-3H3. The Balaban J connectivity index is 1.31. The highest BCUT2D eigenvalue weighted by Crippen LogP contribution is 2.25. The number of likely N-dealkylation sites (tertiary alicyclic amines) is 1. The highest BCUT2D eigenvalue weighted by atomic mass is 16.5. The van der Waals surface area contributed by atoms with Crippen LogP contribution in [0.1, 0.15) is 42.0 Å². The zero-order chi connectivity index (χ0) is 21.1. The fourth-order valence-corrected chi connectivity index (χ4v) is 4.36. The van der Waals surface area contributed by atoms with Gasteiger partial charge in [-0.1, -0.05) is 35.5 Å². The molecule has 2 aromatic heterocycles. The van der Waals surface area contributed by atoms with E-state index in [1.807, 2.05) is 31.0 Å². The number of piperidine rings is 1. The number of hydrogen-bond donors (Lipinski definition) is 0. The van der Waals surface area contributed by atoms with E-state index < -0.39 is 0 Å².